The normalized spacial score (nSPS) is 10.7. The van der Waals surface area contributed by atoms with E-state index in [9.17, 15) is 4.79 Å². The Morgan fingerprint density at radius 3 is 2.90 bits per heavy atom. The molecule has 0 atom stereocenters. The highest BCUT2D eigenvalue weighted by atomic mass is 16.5. The predicted octanol–water partition coefficient (Wildman–Crippen LogP) is 1.02. The van der Waals surface area contributed by atoms with Crippen molar-refractivity contribution in [2.45, 2.75) is 6.92 Å². The van der Waals surface area contributed by atoms with Crippen molar-refractivity contribution in [3.63, 3.8) is 0 Å². The van der Waals surface area contributed by atoms with E-state index in [0.29, 0.717) is 11.5 Å². The summed E-state index contributed by atoms with van der Waals surface area (Å²) in [5, 5.41) is 17.6. The monoisotopic (exact) mass is 274 g/mol. The van der Waals surface area contributed by atoms with Crippen molar-refractivity contribution >= 4 is 11.9 Å². The topological polar surface area (TPSA) is 112 Å². The summed E-state index contributed by atoms with van der Waals surface area (Å²) in [6.45, 7) is 1.80. The van der Waals surface area contributed by atoms with Gasteiger partial charge in [-0.15, -0.1) is 5.10 Å². The van der Waals surface area contributed by atoms with Gasteiger partial charge in [0.25, 0.3) is 11.8 Å². The van der Waals surface area contributed by atoms with Crippen LogP contribution in [0.1, 0.15) is 16.2 Å². The van der Waals surface area contributed by atoms with E-state index in [4.69, 9.17) is 8.94 Å². The van der Waals surface area contributed by atoms with Crippen LogP contribution in [0.4, 0.5) is 6.01 Å². The third-order valence-electron chi connectivity index (χ3n) is 2.53. The maximum absolute atomic E-state index is 12.0. The van der Waals surface area contributed by atoms with Crippen molar-refractivity contribution in [2.24, 2.45) is 7.05 Å². The van der Waals surface area contributed by atoms with Gasteiger partial charge in [0.15, 0.2) is 0 Å². The van der Waals surface area contributed by atoms with Gasteiger partial charge in [-0.05, 0) is 13.0 Å². The molecule has 0 aliphatic heterocycles. The zero-order valence-electron chi connectivity index (χ0n) is 10.7. The Balaban J connectivity index is 1.78. The molecule has 3 heterocycles. The van der Waals surface area contributed by atoms with Crippen LogP contribution < -0.4 is 5.32 Å². The molecule has 0 spiro atoms. The number of carbonyl (C=O) groups excluding carboxylic acids is 1. The Hall–Kier alpha value is -2.97. The Labute approximate surface area is 112 Å². The molecule has 0 aromatic carbocycles. The van der Waals surface area contributed by atoms with Crippen LogP contribution in [0, 0.1) is 6.92 Å². The van der Waals surface area contributed by atoms with Crippen molar-refractivity contribution in [1.29, 1.82) is 0 Å². The minimum absolute atomic E-state index is 0.0275. The molecule has 0 fully saturated rings. The molecule has 1 amide bonds. The second-order valence-electron chi connectivity index (χ2n) is 4.04. The SMILES string of the molecule is Cc1cc(C(=O)Nc2nnc(-c3ccno3)o2)n(C)n1. The zero-order chi connectivity index (χ0) is 14.1. The van der Waals surface area contributed by atoms with Crippen LogP contribution in [0.25, 0.3) is 11.7 Å². The molecule has 1 N–H and O–H groups in total. The summed E-state index contributed by atoms with van der Waals surface area (Å²) in [6.07, 6.45) is 1.45. The number of aryl methyl sites for hydroxylation is 2. The smallest absolute Gasteiger partial charge is 0.322 e. The number of hydrogen-bond donors (Lipinski definition) is 1. The van der Waals surface area contributed by atoms with E-state index >= 15 is 0 Å². The molecular formula is C11H10N6O3. The number of carbonyl (C=O) groups is 1. The fourth-order valence-corrected chi connectivity index (χ4v) is 1.68. The lowest BCUT2D eigenvalue weighted by atomic mass is 10.3. The summed E-state index contributed by atoms with van der Waals surface area (Å²) in [5.41, 5.74) is 1.13. The number of amides is 1. The molecule has 0 unspecified atom stereocenters. The number of anilines is 1. The van der Waals surface area contributed by atoms with Crippen LogP contribution in [0.3, 0.4) is 0 Å². The standard InChI is InChI=1S/C11H10N6O3/c1-6-5-7(17(2)16-6)9(18)13-11-15-14-10(19-11)8-3-4-12-20-8/h3-5H,1-2H3,(H,13,15,18). The average Bonchev–Trinajstić information content (AvgIpc) is 3.09. The molecule has 9 heteroatoms. The van der Waals surface area contributed by atoms with Crippen molar-refractivity contribution in [3.05, 3.63) is 29.7 Å². The third kappa shape index (κ3) is 2.16. The molecule has 0 aliphatic rings. The van der Waals surface area contributed by atoms with Crippen LogP contribution in [-0.4, -0.2) is 31.0 Å². The largest absolute Gasteiger partial charge is 0.400 e. The van der Waals surface area contributed by atoms with Crippen molar-refractivity contribution in [2.75, 3.05) is 5.32 Å². The van der Waals surface area contributed by atoms with Gasteiger partial charge in [0.1, 0.15) is 5.69 Å². The molecule has 3 aromatic heterocycles. The number of nitrogens with one attached hydrogen (secondary N) is 1. The Bertz CT molecular complexity index is 742. The zero-order valence-corrected chi connectivity index (χ0v) is 10.7. The number of aromatic nitrogens is 5. The summed E-state index contributed by atoms with van der Waals surface area (Å²) < 4.78 is 11.6. The molecule has 20 heavy (non-hydrogen) atoms. The average molecular weight is 274 g/mol. The molecule has 0 bridgehead atoms. The van der Waals surface area contributed by atoms with E-state index in [0.717, 1.165) is 5.69 Å². The van der Waals surface area contributed by atoms with Crippen LogP contribution in [0.5, 0.6) is 0 Å². The fourth-order valence-electron chi connectivity index (χ4n) is 1.68. The van der Waals surface area contributed by atoms with E-state index < -0.39 is 0 Å². The highest BCUT2D eigenvalue weighted by Crippen LogP contribution is 2.19. The second kappa shape index (κ2) is 4.61. The summed E-state index contributed by atoms with van der Waals surface area (Å²) in [6, 6.07) is 3.20. The molecule has 0 aliphatic carbocycles. The summed E-state index contributed by atoms with van der Waals surface area (Å²) in [4.78, 5) is 12.0. The van der Waals surface area contributed by atoms with Crippen molar-refractivity contribution < 1.29 is 13.7 Å². The van der Waals surface area contributed by atoms with Crippen molar-refractivity contribution in [3.8, 4) is 11.7 Å². The predicted molar refractivity (Wildman–Crippen MR) is 65.7 cm³/mol. The summed E-state index contributed by atoms with van der Waals surface area (Å²) >= 11 is 0. The number of rotatable bonds is 3. The van der Waals surface area contributed by atoms with E-state index in [2.05, 4.69) is 25.8 Å². The van der Waals surface area contributed by atoms with E-state index in [1.54, 1.807) is 26.1 Å². The van der Waals surface area contributed by atoms with Gasteiger partial charge in [-0.3, -0.25) is 14.8 Å². The fraction of sp³-hybridized carbons (Fsp3) is 0.182. The van der Waals surface area contributed by atoms with Crippen molar-refractivity contribution in [1.82, 2.24) is 25.1 Å². The molecule has 0 radical (unpaired) electrons. The number of hydrogen-bond acceptors (Lipinski definition) is 7. The first-order valence-electron chi connectivity index (χ1n) is 5.70. The molecular weight excluding hydrogens is 264 g/mol. The van der Waals surface area contributed by atoms with Gasteiger partial charge >= 0.3 is 6.01 Å². The first-order chi connectivity index (χ1) is 9.63. The Morgan fingerprint density at radius 2 is 2.25 bits per heavy atom. The first kappa shape index (κ1) is 12.1. The van der Waals surface area contributed by atoms with Gasteiger partial charge in [-0.1, -0.05) is 10.3 Å². The van der Waals surface area contributed by atoms with Gasteiger partial charge in [0, 0.05) is 13.1 Å². The van der Waals surface area contributed by atoms with E-state index in [-0.39, 0.29) is 17.8 Å². The second-order valence-corrected chi connectivity index (χ2v) is 4.04. The van der Waals surface area contributed by atoms with Gasteiger partial charge in [0.2, 0.25) is 5.76 Å². The Kier molecular flexibility index (Phi) is 2.78. The molecule has 3 rings (SSSR count). The van der Waals surface area contributed by atoms with Crippen LogP contribution in [0.2, 0.25) is 0 Å². The Morgan fingerprint density at radius 1 is 1.40 bits per heavy atom. The van der Waals surface area contributed by atoms with Crippen LogP contribution in [-0.2, 0) is 7.05 Å². The lowest BCUT2D eigenvalue weighted by Crippen LogP contribution is -2.16. The molecule has 0 saturated carbocycles. The van der Waals surface area contributed by atoms with Crippen LogP contribution in [0.15, 0.2) is 27.3 Å². The van der Waals surface area contributed by atoms with Gasteiger partial charge < -0.3 is 8.94 Å². The van der Waals surface area contributed by atoms with E-state index in [1.165, 1.54) is 10.9 Å². The molecule has 3 aromatic rings. The molecule has 9 nitrogen and oxygen atoms in total. The lowest BCUT2D eigenvalue weighted by Gasteiger charge is -1.99. The third-order valence-corrected chi connectivity index (χ3v) is 2.53. The summed E-state index contributed by atoms with van der Waals surface area (Å²) in [5.74, 6) is 0.0780. The van der Waals surface area contributed by atoms with Gasteiger partial charge in [0.05, 0.1) is 11.9 Å². The van der Waals surface area contributed by atoms with Crippen LogP contribution >= 0.6 is 0 Å². The van der Waals surface area contributed by atoms with E-state index in [1.807, 2.05) is 0 Å². The maximum Gasteiger partial charge on any atom is 0.322 e. The lowest BCUT2D eigenvalue weighted by molar-refractivity contribution is 0.101. The van der Waals surface area contributed by atoms with Gasteiger partial charge in [-0.2, -0.15) is 5.10 Å². The minimum atomic E-state index is -0.388. The quantitative estimate of drug-likeness (QED) is 0.758. The highest BCUT2D eigenvalue weighted by molar-refractivity contribution is 6.01. The minimum Gasteiger partial charge on any atom is -0.400 e. The first-order valence-corrected chi connectivity index (χ1v) is 5.70. The maximum atomic E-state index is 12.0. The molecule has 102 valence electrons. The molecule has 0 saturated heterocycles. The summed E-state index contributed by atoms with van der Waals surface area (Å²) in [7, 11) is 1.68. The highest BCUT2D eigenvalue weighted by Gasteiger charge is 2.17. The van der Waals surface area contributed by atoms with Gasteiger partial charge in [-0.25, -0.2) is 0 Å². The number of nitrogens with zero attached hydrogens (tertiary/aromatic N) is 5.